The molecule has 0 fully saturated rings. The van der Waals surface area contributed by atoms with E-state index in [0.717, 1.165) is 12.1 Å². The van der Waals surface area contributed by atoms with Crippen LogP contribution < -0.4 is 5.32 Å². The predicted octanol–water partition coefficient (Wildman–Crippen LogP) is 3.43. The molecule has 2 aromatic rings. The molecule has 0 atom stereocenters. The van der Waals surface area contributed by atoms with Crippen LogP contribution in [0.25, 0.3) is 0 Å². The summed E-state index contributed by atoms with van der Waals surface area (Å²) in [6.45, 7) is 1.31. The van der Waals surface area contributed by atoms with Crippen molar-refractivity contribution in [3.8, 4) is 0 Å². The number of thiophene rings is 1. The molecule has 0 radical (unpaired) electrons. The molecule has 0 unspecified atom stereocenters. The molecule has 0 amide bonds. The Kier molecular flexibility index (Phi) is 3.80. The molecule has 104 valence electrons. The van der Waals surface area contributed by atoms with Crippen LogP contribution in [-0.4, -0.2) is 4.92 Å². The fraction of sp³-hybridized carbons (Fsp3) is 0.333. The maximum absolute atomic E-state index is 10.9. The number of rotatable bonds is 5. The van der Waals surface area contributed by atoms with Gasteiger partial charge < -0.3 is 5.32 Å². The lowest BCUT2D eigenvalue weighted by Crippen LogP contribution is -2.13. The number of benzene rings is 1. The van der Waals surface area contributed by atoms with E-state index in [-0.39, 0.29) is 10.6 Å². The number of nitrogens with one attached hydrogen (secondary N) is 1. The van der Waals surface area contributed by atoms with E-state index in [4.69, 9.17) is 0 Å². The van der Waals surface area contributed by atoms with Gasteiger partial charge in [0, 0.05) is 34.5 Å². The molecule has 0 saturated carbocycles. The molecule has 0 aliphatic heterocycles. The summed E-state index contributed by atoms with van der Waals surface area (Å²) in [5, 5.41) is 14.2. The van der Waals surface area contributed by atoms with Crippen LogP contribution in [0.15, 0.2) is 30.3 Å². The minimum atomic E-state index is -0.323. The van der Waals surface area contributed by atoms with Crippen LogP contribution in [-0.2, 0) is 25.9 Å². The number of nitro groups is 1. The molecule has 1 aromatic heterocycles. The van der Waals surface area contributed by atoms with Crippen molar-refractivity contribution in [3.63, 3.8) is 0 Å². The molecule has 4 nitrogen and oxygen atoms in total. The minimum Gasteiger partial charge on any atom is -0.308 e. The van der Waals surface area contributed by atoms with Crippen LogP contribution in [0, 0.1) is 10.1 Å². The highest BCUT2D eigenvalue weighted by Crippen LogP contribution is 2.30. The maximum atomic E-state index is 10.9. The minimum absolute atomic E-state index is 0.189. The number of fused-ring (bicyclic) bond motifs is 1. The second-order valence-corrected chi connectivity index (χ2v) is 6.23. The number of aryl methyl sites for hydroxylation is 2. The Morgan fingerprint density at radius 2 is 2.10 bits per heavy atom. The molecular formula is C15H16N2O2S. The molecule has 0 saturated heterocycles. The van der Waals surface area contributed by atoms with Crippen LogP contribution in [0.4, 0.5) is 5.69 Å². The Morgan fingerprint density at radius 1 is 1.25 bits per heavy atom. The van der Waals surface area contributed by atoms with E-state index in [2.05, 4.69) is 11.4 Å². The molecular weight excluding hydrogens is 272 g/mol. The lowest BCUT2D eigenvalue weighted by atomic mass is 10.2. The van der Waals surface area contributed by atoms with Crippen LogP contribution >= 0.6 is 11.3 Å². The van der Waals surface area contributed by atoms with Gasteiger partial charge in [-0.25, -0.2) is 0 Å². The predicted molar refractivity (Wildman–Crippen MR) is 80.0 cm³/mol. The van der Waals surface area contributed by atoms with E-state index >= 15 is 0 Å². The average molecular weight is 288 g/mol. The molecule has 1 N–H and O–H groups in total. The Morgan fingerprint density at radius 3 is 2.90 bits per heavy atom. The zero-order valence-corrected chi connectivity index (χ0v) is 11.9. The number of hydrogen-bond donors (Lipinski definition) is 1. The summed E-state index contributed by atoms with van der Waals surface area (Å²) in [6, 6.07) is 9.17. The van der Waals surface area contributed by atoms with E-state index in [0.29, 0.717) is 6.54 Å². The molecule has 0 spiro atoms. The Hall–Kier alpha value is -1.72. The largest absolute Gasteiger partial charge is 0.308 e. The monoisotopic (exact) mass is 288 g/mol. The second-order valence-electron chi connectivity index (χ2n) is 5.00. The summed E-state index contributed by atoms with van der Waals surface area (Å²) < 4.78 is 0. The van der Waals surface area contributed by atoms with Crippen molar-refractivity contribution < 1.29 is 4.92 Å². The van der Waals surface area contributed by atoms with Crippen molar-refractivity contribution in [1.29, 1.82) is 0 Å². The Bertz CT molecular complexity index is 615. The first-order valence-corrected chi connectivity index (χ1v) is 7.59. The number of nitrogens with zero attached hydrogens (tertiary/aromatic N) is 1. The maximum Gasteiger partial charge on any atom is 0.273 e. The van der Waals surface area contributed by atoms with Gasteiger partial charge in [-0.1, -0.05) is 18.2 Å². The third-order valence-electron chi connectivity index (χ3n) is 3.60. The van der Waals surface area contributed by atoms with E-state index in [1.807, 2.05) is 17.4 Å². The van der Waals surface area contributed by atoms with Crippen LogP contribution in [0.5, 0.6) is 0 Å². The molecule has 0 bridgehead atoms. The lowest BCUT2D eigenvalue weighted by Gasteiger charge is -2.04. The lowest BCUT2D eigenvalue weighted by molar-refractivity contribution is -0.385. The number of nitro benzene ring substituents is 1. The normalized spacial score (nSPS) is 13.4. The highest BCUT2D eigenvalue weighted by atomic mass is 32.1. The van der Waals surface area contributed by atoms with E-state index in [1.54, 1.807) is 18.2 Å². The fourth-order valence-corrected chi connectivity index (χ4v) is 3.87. The van der Waals surface area contributed by atoms with Gasteiger partial charge in [-0.05, 0) is 30.9 Å². The van der Waals surface area contributed by atoms with Gasteiger partial charge in [0.2, 0.25) is 0 Å². The Labute approximate surface area is 121 Å². The van der Waals surface area contributed by atoms with Crippen molar-refractivity contribution in [1.82, 2.24) is 5.32 Å². The van der Waals surface area contributed by atoms with Gasteiger partial charge >= 0.3 is 0 Å². The third-order valence-corrected chi connectivity index (χ3v) is 4.84. The van der Waals surface area contributed by atoms with Gasteiger partial charge in [0.05, 0.1) is 4.92 Å². The van der Waals surface area contributed by atoms with Gasteiger partial charge in [0.15, 0.2) is 0 Å². The summed E-state index contributed by atoms with van der Waals surface area (Å²) in [4.78, 5) is 13.5. The van der Waals surface area contributed by atoms with Gasteiger partial charge in [0.1, 0.15) is 0 Å². The van der Waals surface area contributed by atoms with Gasteiger partial charge in [0.25, 0.3) is 5.69 Å². The number of para-hydroxylation sites is 1. The quantitative estimate of drug-likeness (QED) is 0.677. The fourth-order valence-electron chi connectivity index (χ4n) is 2.64. The molecule has 1 aliphatic carbocycles. The van der Waals surface area contributed by atoms with Crippen molar-refractivity contribution in [2.24, 2.45) is 0 Å². The van der Waals surface area contributed by atoms with Crippen molar-refractivity contribution in [2.45, 2.75) is 32.4 Å². The Balaban J connectivity index is 1.61. The molecule has 1 aromatic carbocycles. The van der Waals surface area contributed by atoms with Crippen molar-refractivity contribution >= 4 is 17.0 Å². The first-order valence-electron chi connectivity index (χ1n) is 6.77. The summed E-state index contributed by atoms with van der Waals surface area (Å²) >= 11 is 1.87. The van der Waals surface area contributed by atoms with Crippen LogP contribution in [0.2, 0.25) is 0 Å². The molecule has 1 heterocycles. The van der Waals surface area contributed by atoms with E-state index in [9.17, 15) is 10.1 Å². The van der Waals surface area contributed by atoms with Gasteiger partial charge in [-0.2, -0.15) is 0 Å². The first kappa shape index (κ1) is 13.3. The molecule has 20 heavy (non-hydrogen) atoms. The van der Waals surface area contributed by atoms with Gasteiger partial charge in [-0.15, -0.1) is 11.3 Å². The highest BCUT2D eigenvalue weighted by molar-refractivity contribution is 7.12. The average Bonchev–Trinajstić information content (AvgIpc) is 3.00. The zero-order chi connectivity index (χ0) is 13.9. The van der Waals surface area contributed by atoms with E-state index < -0.39 is 0 Å². The SMILES string of the molecule is O=[N+]([O-])c1ccccc1CNCc1cc2c(s1)CCC2. The van der Waals surface area contributed by atoms with Crippen molar-refractivity contribution in [2.75, 3.05) is 0 Å². The first-order chi connectivity index (χ1) is 9.74. The zero-order valence-electron chi connectivity index (χ0n) is 11.1. The third kappa shape index (κ3) is 2.73. The number of hydrogen-bond acceptors (Lipinski definition) is 4. The molecule has 1 aliphatic rings. The topological polar surface area (TPSA) is 55.2 Å². The van der Waals surface area contributed by atoms with Crippen LogP contribution in [0.1, 0.15) is 27.3 Å². The standard InChI is InChI=1S/C15H16N2O2S/c18-17(19)14-6-2-1-4-12(14)9-16-10-13-8-11-5-3-7-15(11)20-13/h1-2,4,6,8,16H,3,5,7,9-10H2. The smallest absolute Gasteiger partial charge is 0.273 e. The summed E-state index contributed by atoms with van der Waals surface area (Å²) in [5.74, 6) is 0. The van der Waals surface area contributed by atoms with Gasteiger partial charge in [-0.3, -0.25) is 10.1 Å². The van der Waals surface area contributed by atoms with Crippen LogP contribution in [0.3, 0.4) is 0 Å². The highest BCUT2D eigenvalue weighted by Gasteiger charge is 2.15. The van der Waals surface area contributed by atoms with Crippen molar-refractivity contribution in [3.05, 3.63) is 61.3 Å². The van der Waals surface area contributed by atoms with E-state index in [1.165, 1.54) is 34.6 Å². The molecule has 5 heteroatoms. The summed E-state index contributed by atoms with van der Waals surface area (Å²) in [6.07, 6.45) is 3.70. The molecule has 3 rings (SSSR count). The second kappa shape index (κ2) is 5.73. The summed E-state index contributed by atoms with van der Waals surface area (Å²) in [7, 11) is 0. The summed E-state index contributed by atoms with van der Waals surface area (Å²) in [5.41, 5.74) is 2.42.